The summed E-state index contributed by atoms with van der Waals surface area (Å²) in [4.78, 5) is 5.42. The second-order valence-corrected chi connectivity index (χ2v) is 7.51. The molecule has 0 amide bonds. The zero-order chi connectivity index (χ0) is 13.9. The van der Waals surface area contributed by atoms with Crippen LogP contribution in [-0.4, -0.2) is 61.7 Å². The third kappa shape index (κ3) is 3.37. The van der Waals surface area contributed by atoms with Crippen LogP contribution in [0.15, 0.2) is 0 Å². The molecule has 0 spiro atoms. The molecule has 0 radical (unpaired) electrons. The van der Waals surface area contributed by atoms with Gasteiger partial charge in [-0.05, 0) is 83.6 Å². The van der Waals surface area contributed by atoms with Crippen molar-refractivity contribution in [1.82, 2.24) is 15.1 Å². The van der Waals surface area contributed by atoms with Crippen LogP contribution in [0.3, 0.4) is 0 Å². The monoisotopic (exact) mass is 279 g/mol. The van der Waals surface area contributed by atoms with Gasteiger partial charge in [0.25, 0.3) is 0 Å². The molecule has 3 nitrogen and oxygen atoms in total. The third-order valence-electron chi connectivity index (χ3n) is 6.27. The first-order valence-corrected chi connectivity index (χ1v) is 8.89. The molecule has 116 valence electrons. The summed E-state index contributed by atoms with van der Waals surface area (Å²) in [5.74, 6) is 1.82. The Balaban J connectivity index is 1.44. The molecule has 0 aliphatic carbocycles. The summed E-state index contributed by atoms with van der Waals surface area (Å²) in [5, 5.41) is 3.57. The average Bonchev–Trinajstić information content (AvgIpc) is 2.72. The van der Waals surface area contributed by atoms with Gasteiger partial charge in [0.2, 0.25) is 0 Å². The Morgan fingerprint density at radius 2 is 2.00 bits per heavy atom. The van der Waals surface area contributed by atoms with Gasteiger partial charge in [-0.15, -0.1) is 0 Å². The van der Waals surface area contributed by atoms with Crippen LogP contribution >= 0.6 is 0 Å². The quantitative estimate of drug-likeness (QED) is 0.851. The summed E-state index contributed by atoms with van der Waals surface area (Å²) in [6.07, 6.45) is 8.49. The molecule has 4 atom stereocenters. The van der Waals surface area contributed by atoms with Crippen LogP contribution in [0.2, 0.25) is 0 Å². The lowest BCUT2D eigenvalue weighted by atomic mass is 9.85. The van der Waals surface area contributed by atoms with E-state index in [-0.39, 0.29) is 0 Å². The summed E-state index contributed by atoms with van der Waals surface area (Å²) in [6, 6.07) is 1.72. The number of rotatable bonds is 4. The van der Waals surface area contributed by atoms with Crippen molar-refractivity contribution in [3.05, 3.63) is 0 Å². The SMILES string of the molecule is CC(CCN1CCC2CCC(C1)N2C)C1CCCNC1. The summed E-state index contributed by atoms with van der Waals surface area (Å²) >= 11 is 0. The topological polar surface area (TPSA) is 18.5 Å². The van der Waals surface area contributed by atoms with E-state index in [1.165, 1.54) is 71.2 Å². The first kappa shape index (κ1) is 14.8. The van der Waals surface area contributed by atoms with Crippen molar-refractivity contribution in [3.63, 3.8) is 0 Å². The molecule has 3 aliphatic heterocycles. The fourth-order valence-corrected chi connectivity index (χ4v) is 4.57. The molecule has 3 heterocycles. The highest BCUT2D eigenvalue weighted by atomic mass is 15.3. The lowest BCUT2D eigenvalue weighted by molar-refractivity contribution is 0.192. The Morgan fingerprint density at radius 3 is 2.80 bits per heavy atom. The number of hydrogen-bond acceptors (Lipinski definition) is 3. The van der Waals surface area contributed by atoms with Crippen LogP contribution in [0.1, 0.15) is 45.4 Å². The molecule has 0 aromatic heterocycles. The van der Waals surface area contributed by atoms with Gasteiger partial charge in [-0.25, -0.2) is 0 Å². The summed E-state index contributed by atoms with van der Waals surface area (Å²) < 4.78 is 0. The molecule has 3 rings (SSSR count). The molecule has 3 aliphatic rings. The largest absolute Gasteiger partial charge is 0.316 e. The van der Waals surface area contributed by atoms with Crippen molar-refractivity contribution in [2.45, 2.75) is 57.5 Å². The smallest absolute Gasteiger partial charge is 0.0223 e. The maximum absolute atomic E-state index is 3.57. The van der Waals surface area contributed by atoms with Crippen LogP contribution in [0.4, 0.5) is 0 Å². The molecule has 0 aromatic carbocycles. The minimum Gasteiger partial charge on any atom is -0.316 e. The van der Waals surface area contributed by atoms with Crippen molar-refractivity contribution in [1.29, 1.82) is 0 Å². The number of likely N-dealkylation sites (tertiary alicyclic amines) is 1. The van der Waals surface area contributed by atoms with Crippen molar-refractivity contribution in [3.8, 4) is 0 Å². The molecule has 20 heavy (non-hydrogen) atoms. The Bertz CT molecular complexity index is 301. The standard InChI is InChI=1S/C17H33N3/c1-14(15-4-3-9-18-12-15)7-10-20-11-8-16-5-6-17(13-20)19(16)2/h14-18H,3-13H2,1-2H3. The number of fused-ring (bicyclic) bond motifs is 2. The fraction of sp³-hybridized carbons (Fsp3) is 1.00. The van der Waals surface area contributed by atoms with Gasteiger partial charge in [-0.3, -0.25) is 4.90 Å². The van der Waals surface area contributed by atoms with Crippen molar-refractivity contribution >= 4 is 0 Å². The maximum atomic E-state index is 3.57. The van der Waals surface area contributed by atoms with Crippen molar-refractivity contribution < 1.29 is 0 Å². The van der Waals surface area contributed by atoms with E-state index in [4.69, 9.17) is 0 Å². The minimum atomic E-state index is 0.842. The Kier molecular flexibility index (Phi) is 5.00. The average molecular weight is 279 g/mol. The van der Waals surface area contributed by atoms with E-state index in [1.807, 2.05) is 0 Å². The zero-order valence-electron chi connectivity index (χ0n) is 13.5. The van der Waals surface area contributed by atoms with E-state index >= 15 is 0 Å². The molecule has 3 fully saturated rings. The number of likely N-dealkylation sites (N-methyl/N-ethyl adjacent to an activating group) is 1. The lowest BCUT2D eigenvalue weighted by Gasteiger charge is -2.31. The molecule has 2 bridgehead atoms. The first-order chi connectivity index (χ1) is 9.74. The van der Waals surface area contributed by atoms with Crippen LogP contribution in [0.5, 0.6) is 0 Å². The molecule has 1 N–H and O–H groups in total. The van der Waals surface area contributed by atoms with E-state index in [0.29, 0.717) is 0 Å². The van der Waals surface area contributed by atoms with Crippen molar-refractivity contribution in [2.75, 3.05) is 39.8 Å². The van der Waals surface area contributed by atoms with Gasteiger partial charge in [-0.2, -0.15) is 0 Å². The fourth-order valence-electron chi connectivity index (χ4n) is 4.57. The van der Waals surface area contributed by atoms with Gasteiger partial charge in [0.1, 0.15) is 0 Å². The minimum absolute atomic E-state index is 0.842. The molecule has 3 saturated heterocycles. The number of hydrogen-bond donors (Lipinski definition) is 1. The van der Waals surface area contributed by atoms with E-state index in [2.05, 4.69) is 29.1 Å². The number of nitrogens with zero attached hydrogens (tertiary/aromatic N) is 2. The highest BCUT2D eigenvalue weighted by molar-refractivity contribution is 4.91. The predicted molar refractivity (Wildman–Crippen MR) is 85.0 cm³/mol. The van der Waals surface area contributed by atoms with E-state index in [1.54, 1.807) is 0 Å². The van der Waals surface area contributed by atoms with Gasteiger partial charge >= 0.3 is 0 Å². The second-order valence-electron chi connectivity index (χ2n) is 7.51. The predicted octanol–water partition coefficient (Wildman–Crippen LogP) is 2.18. The summed E-state index contributed by atoms with van der Waals surface area (Å²) in [5.41, 5.74) is 0. The first-order valence-electron chi connectivity index (χ1n) is 8.89. The Morgan fingerprint density at radius 1 is 1.15 bits per heavy atom. The van der Waals surface area contributed by atoms with Crippen LogP contribution in [0, 0.1) is 11.8 Å². The van der Waals surface area contributed by atoms with Gasteiger partial charge in [0.15, 0.2) is 0 Å². The molecule has 0 aromatic rings. The lowest BCUT2D eigenvalue weighted by Crippen LogP contribution is -2.38. The molecule has 3 heteroatoms. The highest BCUT2D eigenvalue weighted by Crippen LogP contribution is 2.29. The van der Waals surface area contributed by atoms with Gasteiger partial charge in [0, 0.05) is 18.6 Å². The van der Waals surface area contributed by atoms with E-state index in [9.17, 15) is 0 Å². The van der Waals surface area contributed by atoms with E-state index in [0.717, 1.165) is 23.9 Å². The second kappa shape index (κ2) is 6.76. The number of piperidine rings is 1. The molecule has 0 saturated carbocycles. The maximum Gasteiger partial charge on any atom is 0.0223 e. The van der Waals surface area contributed by atoms with Gasteiger partial charge in [0.05, 0.1) is 0 Å². The van der Waals surface area contributed by atoms with Crippen LogP contribution in [-0.2, 0) is 0 Å². The Labute approximate surface area is 125 Å². The highest BCUT2D eigenvalue weighted by Gasteiger charge is 2.34. The molecule has 4 unspecified atom stereocenters. The summed E-state index contributed by atoms with van der Waals surface area (Å²) in [7, 11) is 2.35. The number of nitrogens with one attached hydrogen (secondary N) is 1. The van der Waals surface area contributed by atoms with Gasteiger partial charge in [-0.1, -0.05) is 6.92 Å². The van der Waals surface area contributed by atoms with Gasteiger partial charge < -0.3 is 10.2 Å². The summed E-state index contributed by atoms with van der Waals surface area (Å²) in [6.45, 7) is 8.96. The Hall–Kier alpha value is -0.120. The third-order valence-corrected chi connectivity index (χ3v) is 6.27. The molecular weight excluding hydrogens is 246 g/mol. The van der Waals surface area contributed by atoms with Crippen LogP contribution < -0.4 is 5.32 Å². The van der Waals surface area contributed by atoms with Crippen LogP contribution in [0.25, 0.3) is 0 Å². The van der Waals surface area contributed by atoms with Crippen molar-refractivity contribution in [2.24, 2.45) is 11.8 Å². The normalized spacial score (nSPS) is 37.8. The molecular formula is C17H33N3. The van der Waals surface area contributed by atoms with E-state index < -0.39 is 0 Å². The zero-order valence-corrected chi connectivity index (χ0v) is 13.5.